The molecule has 0 saturated carbocycles. The van der Waals surface area contributed by atoms with E-state index in [1.807, 2.05) is 38.1 Å². The average molecular weight is 312 g/mol. The Balaban J connectivity index is 1.98. The van der Waals surface area contributed by atoms with Gasteiger partial charge in [0.05, 0.1) is 5.54 Å². The maximum atomic E-state index is 5.86. The molecule has 0 amide bonds. The molecule has 0 bridgehead atoms. The van der Waals surface area contributed by atoms with E-state index in [9.17, 15) is 0 Å². The van der Waals surface area contributed by atoms with Crippen molar-refractivity contribution < 1.29 is 9.26 Å². The number of aromatic nitrogens is 2. The summed E-state index contributed by atoms with van der Waals surface area (Å²) in [6.07, 6.45) is 0. The van der Waals surface area contributed by atoms with Gasteiger partial charge in [0.15, 0.2) is 12.4 Å². The zero-order valence-electron chi connectivity index (χ0n) is 10.2. The minimum Gasteiger partial charge on any atom is -0.484 e. The normalized spacial score (nSPS) is 11.6. The second-order valence-corrected chi connectivity index (χ2v) is 5.39. The highest BCUT2D eigenvalue weighted by atomic mass is 79.9. The molecule has 6 heteroatoms. The molecular weight excluding hydrogens is 298 g/mol. The van der Waals surface area contributed by atoms with Gasteiger partial charge in [-0.1, -0.05) is 21.1 Å². The number of rotatable bonds is 4. The van der Waals surface area contributed by atoms with Crippen molar-refractivity contribution in [3.05, 3.63) is 40.5 Å². The maximum absolute atomic E-state index is 5.86. The molecule has 1 heterocycles. The number of hydrogen-bond donors (Lipinski definition) is 1. The zero-order chi connectivity index (χ0) is 13.2. The van der Waals surface area contributed by atoms with Crippen LogP contribution in [0.4, 0.5) is 0 Å². The lowest BCUT2D eigenvalue weighted by Gasteiger charge is -2.11. The van der Waals surface area contributed by atoms with E-state index >= 15 is 0 Å². The number of benzene rings is 1. The Labute approximate surface area is 113 Å². The summed E-state index contributed by atoms with van der Waals surface area (Å²) < 4.78 is 11.6. The van der Waals surface area contributed by atoms with Gasteiger partial charge in [-0.3, -0.25) is 0 Å². The molecule has 0 fully saturated rings. The van der Waals surface area contributed by atoms with Crippen LogP contribution in [0.1, 0.15) is 25.6 Å². The fourth-order valence-corrected chi connectivity index (χ4v) is 1.52. The quantitative estimate of drug-likeness (QED) is 0.939. The van der Waals surface area contributed by atoms with Gasteiger partial charge >= 0.3 is 0 Å². The molecule has 0 aliphatic rings. The lowest BCUT2D eigenvalue weighted by molar-refractivity contribution is 0.242. The standard InChI is InChI=1S/C12H14BrN3O2/c1-12(2,14)11-15-10(18-16-11)7-17-9-5-3-8(13)4-6-9/h3-6H,7,14H2,1-2H3. The Morgan fingerprint density at radius 3 is 2.56 bits per heavy atom. The van der Waals surface area contributed by atoms with Crippen LogP contribution in [0.3, 0.4) is 0 Å². The minimum atomic E-state index is -0.612. The molecule has 2 aromatic rings. The van der Waals surface area contributed by atoms with E-state index in [0.29, 0.717) is 11.7 Å². The fourth-order valence-electron chi connectivity index (χ4n) is 1.25. The van der Waals surface area contributed by atoms with Crippen LogP contribution in [0.15, 0.2) is 33.3 Å². The van der Waals surface area contributed by atoms with Crippen LogP contribution in [0.2, 0.25) is 0 Å². The number of nitrogens with two attached hydrogens (primary N) is 1. The van der Waals surface area contributed by atoms with Crippen LogP contribution in [0.5, 0.6) is 5.75 Å². The third-order valence-electron chi connectivity index (χ3n) is 2.22. The molecule has 1 aromatic carbocycles. The molecule has 0 atom stereocenters. The first-order valence-electron chi connectivity index (χ1n) is 5.45. The second kappa shape index (κ2) is 5.07. The van der Waals surface area contributed by atoms with E-state index < -0.39 is 5.54 Å². The third kappa shape index (κ3) is 3.30. The highest BCUT2D eigenvalue weighted by molar-refractivity contribution is 9.10. The predicted molar refractivity (Wildman–Crippen MR) is 70.0 cm³/mol. The topological polar surface area (TPSA) is 74.2 Å². The monoisotopic (exact) mass is 311 g/mol. The summed E-state index contributed by atoms with van der Waals surface area (Å²) in [4.78, 5) is 4.18. The lowest BCUT2D eigenvalue weighted by atomic mass is 10.1. The summed E-state index contributed by atoms with van der Waals surface area (Å²) in [5, 5.41) is 3.82. The van der Waals surface area contributed by atoms with Gasteiger partial charge in [0.25, 0.3) is 5.89 Å². The molecule has 0 saturated heterocycles. The Hall–Kier alpha value is -1.40. The van der Waals surface area contributed by atoms with E-state index in [4.69, 9.17) is 15.0 Å². The molecule has 0 spiro atoms. The van der Waals surface area contributed by atoms with Crippen LogP contribution >= 0.6 is 15.9 Å². The van der Waals surface area contributed by atoms with Gasteiger partial charge in [-0.05, 0) is 38.1 Å². The predicted octanol–water partition coefficient (Wildman–Crippen LogP) is 2.60. The van der Waals surface area contributed by atoms with Crippen molar-refractivity contribution in [2.45, 2.75) is 26.0 Å². The van der Waals surface area contributed by atoms with E-state index in [-0.39, 0.29) is 6.61 Å². The fraction of sp³-hybridized carbons (Fsp3) is 0.333. The zero-order valence-corrected chi connectivity index (χ0v) is 11.8. The Bertz CT molecular complexity index is 517. The van der Waals surface area contributed by atoms with Crippen LogP contribution in [-0.4, -0.2) is 10.1 Å². The van der Waals surface area contributed by atoms with Gasteiger partial charge in [0.2, 0.25) is 0 Å². The summed E-state index contributed by atoms with van der Waals surface area (Å²) in [7, 11) is 0. The lowest BCUT2D eigenvalue weighted by Crippen LogP contribution is -2.30. The van der Waals surface area contributed by atoms with Crippen molar-refractivity contribution in [3.63, 3.8) is 0 Å². The third-order valence-corrected chi connectivity index (χ3v) is 2.75. The maximum Gasteiger partial charge on any atom is 0.264 e. The number of hydrogen-bond acceptors (Lipinski definition) is 5. The highest BCUT2D eigenvalue weighted by Gasteiger charge is 2.21. The van der Waals surface area contributed by atoms with Gasteiger partial charge in [-0.2, -0.15) is 4.98 Å². The molecule has 0 aliphatic heterocycles. The average Bonchev–Trinajstić information content (AvgIpc) is 2.77. The first-order chi connectivity index (χ1) is 8.45. The summed E-state index contributed by atoms with van der Waals surface area (Å²) in [6, 6.07) is 7.51. The van der Waals surface area contributed by atoms with Crippen molar-refractivity contribution in [1.29, 1.82) is 0 Å². The van der Waals surface area contributed by atoms with Gasteiger partial charge in [0, 0.05) is 4.47 Å². The number of halogens is 1. The molecule has 0 unspecified atom stereocenters. The van der Waals surface area contributed by atoms with Gasteiger partial charge < -0.3 is 15.0 Å². The molecule has 2 rings (SSSR count). The van der Waals surface area contributed by atoms with Gasteiger partial charge in [-0.25, -0.2) is 0 Å². The molecule has 18 heavy (non-hydrogen) atoms. The number of ether oxygens (including phenoxy) is 1. The Morgan fingerprint density at radius 1 is 1.33 bits per heavy atom. The molecular formula is C12H14BrN3O2. The van der Waals surface area contributed by atoms with Crippen molar-refractivity contribution in [2.75, 3.05) is 0 Å². The van der Waals surface area contributed by atoms with E-state index in [0.717, 1.165) is 10.2 Å². The molecule has 96 valence electrons. The van der Waals surface area contributed by atoms with Crippen LogP contribution in [0.25, 0.3) is 0 Å². The Morgan fingerprint density at radius 2 is 2.00 bits per heavy atom. The van der Waals surface area contributed by atoms with E-state index in [1.165, 1.54) is 0 Å². The van der Waals surface area contributed by atoms with Gasteiger partial charge in [0.1, 0.15) is 5.75 Å². The summed E-state index contributed by atoms with van der Waals surface area (Å²) in [5.74, 6) is 1.62. The first kappa shape index (κ1) is 13.0. The summed E-state index contributed by atoms with van der Waals surface area (Å²) >= 11 is 3.36. The molecule has 2 N–H and O–H groups in total. The van der Waals surface area contributed by atoms with E-state index in [2.05, 4.69) is 26.1 Å². The van der Waals surface area contributed by atoms with Crippen LogP contribution < -0.4 is 10.5 Å². The molecule has 1 aromatic heterocycles. The first-order valence-corrected chi connectivity index (χ1v) is 6.25. The van der Waals surface area contributed by atoms with Crippen LogP contribution in [0, 0.1) is 0 Å². The second-order valence-electron chi connectivity index (χ2n) is 4.48. The molecule has 0 radical (unpaired) electrons. The van der Waals surface area contributed by atoms with Gasteiger partial charge in [-0.15, -0.1) is 0 Å². The SMILES string of the molecule is CC(C)(N)c1noc(COc2ccc(Br)cc2)n1. The van der Waals surface area contributed by atoms with Crippen LogP contribution in [-0.2, 0) is 12.1 Å². The van der Waals surface area contributed by atoms with E-state index in [1.54, 1.807) is 0 Å². The molecule has 5 nitrogen and oxygen atoms in total. The summed E-state index contributed by atoms with van der Waals surface area (Å²) in [5.41, 5.74) is 5.25. The van der Waals surface area contributed by atoms with Crippen molar-refractivity contribution in [1.82, 2.24) is 10.1 Å². The largest absolute Gasteiger partial charge is 0.484 e. The molecule has 0 aliphatic carbocycles. The summed E-state index contributed by atoms with van der Waals surface area (Å²) in [6.45, 7) is 3.86. The van der Waals surface area contributed by atoms with Crippen molar-refractivity contribution >= 4 is 15.9 Å². The number of nitrogens with zero attached hydrogens (tertiary/aromatic N) is 2. The highest BCUT2D eigenvalue weighted by Crippen LogP contribution is 2.18. The Kier molecular flexibility index (Phi) is 3.68. The van der Waals surface area contributed by atoms with Crippen molar-refractivity contribution in [3.8, 4) is 5.75 Å². The minimum absolute atomic E-state index is 0.227. The van der Waals surface area contributed by atoms with Crippen molar-refractivity contribution in [2.24, 2.45) is 5.73 Å². The smallest absolute Gasteiger partial charge is 0.264 e.